The summed E-state index contributed by atoms with van der Waals surface area (Å²) in [6.07, 6.45) is 2.60. The van der Waals surface area contributed by atoms with Crippen molar-refractivity contribution in [3.63, 3.8) is 0 Å². The van der Waals surface area contributed by atoms with Crippen LogP contribution in [0.2, 0.25) is 0 Å². The van der Waals surface area contributed by atoms with E-state index in [-0.39, 0.29) is 5.91 Å². The zero-order valence-electron chi connectivity index (χ0n) is 12.1. The monoisotopic (exact) mass is 264 g/mol. The maximum Gasteiger partial charge on any atom is 0.254 e. The number of rotatable bonds is 7. The van der Waals surface area contributed by atoms with E-state index in [0.29, 0.717) is 12.1 Å². The van der Waals surface area contributed by atoms with Crippen LogP contribution >= 0.6 is 0 Å². The lowest BCUT2D eigenvalue weighted by molar-refractivity contribution is 0.0744. The van der Waals surface area contributed by atoms with Crippen LogP contribution in [-0.4, -0.2) is 54.4 Å². The molecule has 1 aromatic heterocycles. The Kier molecular flexibility index (Phi) is 6.45. The maximum atomic E-state index is 12.5. The van der Waals surface area contributed by atoms with Gasteiger partial charge in [0.2, 0.25) is 0 Å². The van der Waals surface area contributed by atoms with Gasteiger partial charge >= 0.3 is 0 Å². The van der Waals surface area contributed by atoms with Crippen LogP contribution < -0.4 is 5.73 Å². The van der Waals surface area contributed by atoms with Crippen molar-refractivity contribution >= 4 is 5.91 Å². The fourth-order valence-electron chi connectivity index (χ4n) is 1.81. The number of pyridine rings is 1. The second-order valence-corrected chi connectivity index (χ2v) is 4.84. The van der Waals surface area contributed by atoms with Crippen LogP contribution in [0.3, 0.4) is 0 Å². The second kappa shape index (κ2) is 7.86. The highest BCUT2D eigenvalue weighted by atomic mass is 16.2. The lowest BCUT2D eigenvalue weighted by Gasteiger charge is -2.24. The van der Waals surface area contributed by atoms with E-state index < -0.39 is 0 Å². The molecule has 0 unspecified atom stereocenters. The molecule has 0 saturated carbocycles. The predicted octanol–water partition coefficient (Wildman–Crippen LogP) is 0.954. The summed E-state index contributed by atoms with van der Waals surface area (Å²) in [7, 11) is 4.02. The van der Waals surface area contributed by atoms with Crippen molar-refractivity contribution in [1.29, 1.82) is 0 Å². The molecule has 0 bridgehead atoms. The van der Waals surface area contributed by atoms with Crippen LogP contribution in [0.5, 0.6) is 0 Å². The first-order valence-corrected chi connectivity index (χ1v) is 6.67. The van der Waals surface area contributed by atoms with Gasteiger partial charge in [0.05, 0.1) is 5.69 Å². The number of nitrogens with two attached hydrogens (primary N) is 1. The van der Waals surface area contributed by atoms with E-state index in [0.717, 1.165) is 31.7 Å². The van der Waals surface area contributed by atoms with Crippen molar-refractivity contribution in [2.45, 2.75) is 19.9 Å². The predicted molar refractivity (Wildman–Crippen MR) is 76.9 cm³/mol. The zero-order valence-corrected chi connectivity index (χ0v) is 12.1. The van der Waals surface area contributed by atoms with Gasteiger partial charge in [0, 0.05) is 37.9 Å². The Hall–Kier alpha value is -1.46. The van der Waals surface area contributed by atoms with Gasteiger partial charge in [0.15, 0.2) is 0 Å². The van der Waals surface area contributed by atoms with Crippen LogP contribution in [-0.2, 0) is 6.54 Å². The first kappa shape index (κ1) is 15.6. The highest BCUT2D eigenvalue weighted by Gasteiger charge is 2.15. The van der Waals surface area contributed by atoms with Gasteiger partial charge in [0.25, 0.3) is 5.91 Å². The Morgan fingerprint density at radius 3 is 2.63 bits per heavy atom. The molecule has 0 aliphatic rings. The number of carbonyl (C=O) groups excluding carboxylic acids is 1. The minimum Gasteiger partial charge on any atom is -0.337 e. The van der Waals surface area contributed by atoms with Crippen molar-refractivity contribution in [1.82, 2.24) is 14.8 Å². The first-order chi connectivity index (χ1) is 9.08. The van der Waals surface area contributed by atoms with Crippen molar-refractivity contribution in [2.75, 3.05) is 33.7 Å². The SMILES string of the molecule is CCCN(CCN(C)C)C(=O)c1ccnc(CN)c1. The molecule has 0 atom stereocenters. The zero-order chi connectivity index (χ0) is 14.3. The van der Waals surface area contributed by atoms with Gasteiger partial charge in [-0.2, -0.15) is 0 Å². The summed E-state index contributed by atoms with van der Waals surface area (Å²) in [5, 5.41) is 0. The summed E-state index contributed by atoms with van der Waals surface area (Å²) in [6, 6.07) is 3.53. The molecule has 19 heavy (non-hydrogen) atoms. The van der Waals surface area contributed by atoms with Gasteiger partial charge in [-0.15, -0.1) is 0 Å². The van der Waals surface area contributed by atoms with Gasteiger partial charge in [0.1, 0.15) is 0 Å². The summed E-state index contributed by atoms with van der Waals surface area (Å²) < 4.78 is 0. The summed E-state index contributed by atoms with van der Waals surface area (Å²) in [5.74, 6) is 0.0563. The van der Waals surface area contributed by atoms with Crippen molar-refractivity contribution in [3.05, 3.63) is 29.6 Å². The molecule has 0 aliphatic carbocycles. The maximum absolute atomic E-state index is 12.5. The van der Waals surface area contributed by atoms with Crippen LogP contribution in [0.15, 0.2) is 18.3 Å². The third-order valence-corrected chi connectivity index (χ3v) is 2.87. The van der Waals surface area contributed by atoms with E-state index in [1.54, 1.807) is 18.3 Å². The molecule has 1 heterocycles. The largest absolute Gasteiger partial charge is 0.337 e. The fourth-order valence-corrected chi connectivity index (χ4v) is 1.81. The normalized spacial score (nSPS) is 10.8. The fraction of sp³-hybridized carbons (Fsp3) is 0.571. The van der Waals surface area contributed by atoms with Crippen molar-refractivity contribution in [3.8, 4) is 0 Å². The summed E-state index contributed by atoms with van der Waals surface area (Å²) in [4.78, 5) is 20.5. The van der Waals surface area contributed by atoms with Crippen molar-refractivity contribution in [2.24, 2.45) is 5.73 Å². The second-order valence-electron chi connectivity index (χ2n) is 4.84. The Morgan fingerprint density at radius 2 is 2.05 bits per heavy atom. The first-order valence-electron chi connectivity index (χ1n) is 6.67. The minimum atomic E-state index is 0.0563. The van der Waals surface area contributed by atoms with Crippen LogP contribution in [0, 0.1) is 0 Å². The van der Waals surface area contributed by atoms with Gasteiger partial charge in [-0.1, -0.05) is 6.92 Å². The van der Waals surface area contributed by atoms with Crippen molar-refractivity contribution < 1.29 is 4.79 Å². The number of carbonyl (C=O) groups is 1. The number of amides is 1. The van der Waals surface area contributed by atoms with E-state index in [4.69, 9.17) is 5.73 Å². The van der Waals surface area contributed by atoms with Gasteiger partial charge in [-0.3, -0.25) is 9.78 Å². The number of nitrogens with zero attached hydrogens (tertiary/aromatic N) is 3. The van der Waals surface area contributed by atoms with E-state index >= 15 is 0 Å². The van der Waals surface area contributed by atoms with Gasteiger partial charge in [-0.25, -0.2) is 0 Å². The molecule has 1 amide bonds. The van der Waals surface area contributed by atoms with Crippen LogP contribution in [0.1, 0.15) is 29.4 Å². The Bertz CT molecular complexity index is 406. The molecular formula is C14H24N4O. The minimum absolute atomic E-state index is 0.0563. The highest BCUT2D eigenvalue weighted by molar-refractivity contribution is 5.94. The van der Waals surface area contributed by atoms with E-state index in [2.05, 4.69) is 16.8 Å². The Morgan fingerprint density at radius 1 is 1.32 bits per heavy atom. The third-order valence-electron chi connectivity index (χ3n) is 2.87. The van der Waals surface area contributed by atoms with Crippen LogP contribution in [0.25, 0.3) is 0 Å². The average molecular weight is 264 g/mol. The molecule has 2 N–H and O–H groups in total. The molecule has 0 saturated heterocycles. The number of hydrogen-bond acceptors (Lipinski definition) is 4. The molecule has 0 radical (unpaired) electrons. The molecule has 0 aromatic carbocycles. The van der Waals surface area contributed by atoms with E-state index in [1.165, 1.54) is 0 Å². The number of hydrogen-bond donors (Lipinski definition) is 1. The standard InChI is InChI=1S/C14H24N4O/c1-4-7-18(9-8-17(2)3)14(19)12-5-6-16-13(10-12)11-15/h5-6,10H,4,7-9,11,15H2,1-3H3. The number of aromatic nitrogens is 1. The quantitative estimate of drug-likeness (QED) is 0.796. The third kappa shape index (κ3) is 4.96. The molecule has 0 fully saturated rings. The summed E-state index contributed by atoms with van der Waals surface area (Å²) >= 11 is 0. The lowest BCUT2D eigenvalue weighted by Crippen LogP contribution is -2.37. The molecule has 1 aromatic rings. The van der Waals surface area contributed by atoms with E-state index in [1.807, 2.05) is 19.0 Å². The van der Waals surface area contributed by atoms with E-state index in [9.17, 15) is 4.79 Å². The molecule has 0 spiro atoms. The number of likely N-dealkylation sites (N-methyl/N-ethyl adjacent to an activating group) is 1. The molecule has 1 rings (SSSR count). The Balaban J connectivity index is 2.79. The smallest absolute Gasteiger partial charge is 0.254 e. The Labute approximate surface area is 115 Å². The molecule has 5 nitrogen and oxygen atoms in total. The highest BCUT2D eigenvalue weighted by Crippen LogP contribution is 2.07. The summed E-state index contributed by atoms with van der Waals surface area (Å²) in [6.45, 7) is 4.80. The van der Waals surface area contributed by atoms with Gasteiger partial charge in [-0.05, 0) is 32.6 Å². The molecule has 106 valence electrons. The summed E-state index contributed by atoms with van der Waals surface area (Å²) in [5.41, 5.74) is 6.97. The van der Waals surface area contributed by atoms with Gasteiger partial charge < -0.3 is 15.5 Å². The molecular weight excluding hydrogens is 240 g/mol. The average Bonchev–Trinajstić information content (AvgIpc) is 2.42. The topological polar surface area (TPSA) is 62.5 Å². The molecule has 0 aliphatic heterocycles. The van der Waals surface area contributed by atoms with Crippen LogP contribution in [0.4, 0.5) is 0 Å². The molecule has 5 heteroatoms. The lowest BCUT2D eigenvalue weighted by atomic mass is 10.2.